The molecule has 2 N–H and O–H groups in total. The second-order valence-electron chi connectivity index (χ2n) is 3.85. The first-order chi connectivity index (χ1) is 7.74. The van der Waals surface area contributed by atoms with Crippen LogP contribution in [0.1, 0.15) is 25.7 Å². The molecule has 4 nitrogen and oxygen atoms in total. The van der Waals surface area contributed by atoms with Gasteiger partial charge in [-0.2, -0.15) is 0 Å². The summed E-state index contributed by atoms with van der Waals surface area (Å²) in [5.74, 6) is 0.171. The molecule has 1 heterocycles. The van der Waals surface area contributed by atoms with Crippen LogP contribution in [0.15, 0.2) is 9.98 Å². The van der Waals surface area contributed by atoms with E-state index in [4.69, 9.17) is 0 Å². The van der Waals surface area contributed by atoms with Crippen LogP contribution in [0.2, 0.25) is 0 Å². The molecular weight excluding hydrogens is 290 g/mol. The first kappa shape index (κ1) is 11.9. The Balaban J connectivity index is 1.55. The Morgan fingerprint density at radius 1 is 1.62 bits per heavy atom. The summed E-state index contributed by atoms with van der Waals surface area (Å²) in [6, 6.07) is 0.468. The predicted molar refractivity (Wildman–Crippen MR) is 68.7 cm³/mol. The van der Waals surface area contributed by atoms with Gasteiger partial charge in [0.1, 0.15) is 4.60 Å². The summed E-state index contributed by atoms with van der Waals surface area (Å²) < 4.78 is 0.853. The lowest BCUT2D eigenvalue weighted by Gasteiger charge is -2.03. The van der Waals surface area contributed by atoms with E-state index in [1.807, 2.05) is 5.38 Å². The number of nitrogens with one attached hydrogen (secondary N) is 2. The number of thiazole rings is 1. The predicted octanol–water partition coefficient (Wildman–Crippen LogP) is 2.38. The molecule has 0 unspecified atom stereocenters. The lowest BCUT2D eigenvalue weighted by Crippen LogP contribution is -2.25. The highest BCUT2D eigenvalue weighted by molar-refractivity contribution is 9.10. The fourth-order valence-electron chi connectivity index (χ4n) is 1.31. The summed E-state index contributed by atoms with van der Waals surface area (Å²) >= 11 is 4.85. The maximum Gasteiger partial charge on any atom is 0.220 e. The second kappa shape index (κ2) is 5.63. The van der Waals surface area contributed by atoms with E-state index < -0.39 is 0 Å². The van der Waals surface area contributed by atoms with Gasteiger partial charge < -0.3 is 10.6 Å². The number of amides is 1. The van der Waals surface area contributed by atoms with Crippen molar-refractivity contribution < 1.29 is 4.79 Å². The minimum atomic E-state index is 0.171. The molecule has 1 aromatic rings. The van der Waals surface area contributed by atoms with E-state index in [2.05, 4.69) is 31.5 Å². The van der Waals surface area contributed by atoms with Crippen molar-refractivity contribution in [3.05, 3.63) is 9.98 Å². The van der Waals surface area contributed by atoms with Crippen molar-refractivity contribution in [3.63, 3.8) is 0 Å². The van der Waals surface area contributed by atoms with E-state index in [0.717, 1.165) is 35.5 Å². The molecule has 1 aliphatic carbocycles. The number of halogens is 1. The zero-order valence-electron chi connectivity index (χ0n) is 8.83. The molecule has 1 saturated carbocycles. The largest absolute Gasteiger partial charge is 0.361 e. The van der Waals surface area contributed by atoms with Crippen LogP contribution in [0.3, 0.4) is 0 Å². The minimum Gasteiger partial charge on any atom is -0.361 e. The van der Waals surface area contributed by atoms with Gasteiger partial charge in [-0.05, 0) is 35.2 Å². The lowest BCUT2D eigenvalue weighted by molar-refractivity contribution is -0.121. The highest BCUT2D eigenvalue weighted by Gasteiger charge is 2.22. The Kier molecular flexibility index (Phi) is 4.17. The standard InChI is InChI=1S/C10H14BrN3OS/c11-8-6-16-10(14-8)12-5-1-2-9(15)13-7-3-4-7/h6-7H,1-5H2,(H,12,14)(H,13,15). The maximum atomic E-state index is 11.3. The molecule has 1 aromatic heterocycles. The molecule has 1 amide bonds. The summed E-state index contributed by atoms with van der Waals surface area (Å²) in [6.07, 6.45) is 3.74. The van der Waals surface area contributed by atoms with E-state index in [9.17, 15) is 4.79 Å². The lowest BCUT2D eigenvalue weighted by atomic mass is 10.3. The quantitative estimate of drug-likeness (QED) is 0.793. The number of aromatic nitrogens is 1. The van der Waals surface area contributed by atoms with E-state index in [-0.39, 0.29) is 5.91 Å². The van der Waals surface area contributed by atoms with Crippen molar-refractivity contribution in [3.8, 4) is 0 Å². The minimum absolute atomic E-state index is 0.171. The molecule has 0 aliphatic heterocycles. The van der Waals surface area contributed by atoms with E-state index >= 15 is 0 Å². The average molecular weight is 304 g/mol. The fourth-order valence-corrected chi connectivity index (χ4v) is 2.48. The van der Waals surface area contributed by atoms with Gasteiger partial charge in [-0.1, -0.05) is 0 Å². The zero-order valence-corrected chi connectivity index (χ0v) is 11.2. The number of nitrogens with zero attached hydrogens (tertiary/aromatic N) is 1. The first-order valence-corrected chi connectivity index (χ1v) is 7.05. The van der Waals surface area contributed by atoms with Gasteiger partial charge in [-0.25, -0.2) is 4.98 Å². The van der Waals surface area contributed by atoms with Crippen molar-refractivity contribution in [2.24, 2.45) is 0 Å². The summed E-state index contributed by atoms with van der Waals surface area (Å²) in [4.78, 5) is 15.6. The van der Waals surface area contributed by atoms with Crippen molar-refractivity contribution in [1.82, 2.24) is 10.3 Å². The third-order valence-corrected chi connectivity index (χ3v) is 3.78. The molecule has 1 aliphatic rings. The van der Waals surface area contributed by atoms with Crippen molar-refractivity contribution in [1.29, 1.82) is 0 Å². The summed E-state index contributed by atoms with van der Waals surface area (Å²) in [6.45, 7) is 0.790. The Hall–Kier alpha value is -0.620. The molecule has 0 spiro atoms. The van der Waals surface area contributed by atoms with Crippen LogP contribution in [0.4, 0.5) is 5.13 Å². The van der Waals surface area contributed by atoms with Crippen LogP contribution >= 0.6 is 27.3 Å². The number of hydrogen-bond acceptors (Lipinski definition) is 4. The van der Waals surface area contributed by atoms with Gasteiger partial charge in [-0.15, -0.1) is 11.3 Å². The van der Waals surface area contributed by atoms with Crippen LogP contribution in [0.25, 0.3) is 0 Å². The van der Waals surface area contributed by atoms with Crippen LogP contribution < -0.4 is 10.6 Å². The highest BCUT2D eigenvalue weighted by Crippen LogP contribution is 2.20. The van der Waals surface area contributed by atoms with Gasteiger partial charge >= 0.3 is 0 Å². The monoisotopic (exact) mass is 303 g/mol. The zero-order chi connectivity index (χ0) is 11.4. The molecule has 0 atom stereocenters. The molecule has 0 radical (unpaired) electrons. The molecule has 0 bridgehead atoms. The highest BCUT2D eigenvalue weighted by atomic mass is 79.9. The Morgan fingerprint density at radius 3 is 3.06 bits per heavy atom. The normalized spacial score (nSPS) is 14.8. The Morgan fingerprint density at radius 2 is 2.44 bits per heavy atom. The van der Waals surface area contributed by atoms with Gasteiger partial charge in [0.25, 0.3) is 0 Å². The fraction of sp³-hybridized carbons (Fsp3) is 0.600. The van der Waals surface area contributed by atoms with Crippen LogP contribution in [-0.2, 0) is 4.79 Å². The van der Waals surface area contributed by atoms with Gasteiger partial charge in [0.15, 0.2) is 5.13 Å². The van der Waals surface area contributed by atoms with Crippen molar-refractivity contribution in [2.75, 3.05) is 11.9 Å². The maximum absolute atomic E-state index is 11.3. The number of anilines is 1. The number of carbonyl (C=O) groups is 1. The molecule has 6 heteroatoms. The van der Waals surface area contributed by atoms with Gasteiger partial charge in [-0.3, -0.25) is 4.79 Å². The van der Waals surface area contributed by atoms with Crippen molar-refractivity contribution in [2.45, 2.75) is 31.7 Å². The molecule has 88 valence electrons. The van der Waals surface area contributed by atoms with E-state index in [1.165, 1.54) is 0 Å². The first-order valence-electron chi connectivity index (χ1n) is 5.38. The summed E-state index contributed by atoms with van der Waals surface area (Å²) in [7, 11) is 0. The topological polar surface area (TPSA) is 54.0 Å². The van der Waals surface area contributed by atoms with Crippen LogP contribution in [-0.4, -0.2) is 23.5 Å². The SMILES string of the molecule is O=C(CCCNc1nc(Br)cs1)NC1CC1. The summed E-state index contributed by atoms with van der Waals surface area (Å²) in [5.41, 5.74) is 0. The molecule has 2 rings (SSSR count). The number of hydrogen-bond donors (Lipinski definition) is 2. The molecule has 0 saturated heterocycles. The number of rotatable bonds is 6. The Labute approximate surface area is 107 Å². The van der Waals surface area contributed by atoms with Gasteiger partial charge in [0.2, 0.25) is 5.91 Å². The summed E-state index contributed by atoms with van der Waals surface area (Å²) in [5, 5.41) is 8.99. The van der Waals surface area contributed by atoms with Crippen LogP contribution in [0, 0.1) is 0 Å². The van der Waals surface area contributed by atoms with Crippen LogP contribution in [0.5, 0.6) is 0 Å². The van der Waals surface area contributed by atoms with Gasteiger partial charge in [0, 0.05) is 24.4 Å². The smallest absolute Gasteiger partial charge is 0.220 e. The third kappa shape index (κ3) is 4.09. The Bertz CT molecular complexity index is 365. The molecule has 1 fully saturated rings. The molecule has 16 heavy (non-hydrogen) atoms. The van der Waals surface area contributed by atoms with Crippen molar-refractivity contribution >= 4 is 38.3 Å². The third-order valence-electron chi connectivity index (χ3n) is 2.28. The molecule has 0 aromatic carbocycles. The van der Waals surface area contributed by atoms with E-state index in [0.29, 0.717) is 12.5 Å². The average Bonchev–Trinajstić information content (AvgIpc) is 2.95. The second-order valence-corrected chi connectivity index (χ2v) is 5.52. The molecular formula is C10H14BrN3OS. The van der Waals surface area contributed by atoms with E-state index in [1.54, 1.807) is 11.3 Å². The number of carbonyl (C=O) groups excluding carboxylic acids is 1. The van der Waals surface area contributed by atoms with Gasteiger partial charge in [0.05, 0.1) is 0 Å².